The highest BCUT2D eigenvalue weighted by Gasteiger charge is 2.39. The number of amides is 1. The average molecular weight is 487 g/mol. The number of carbonyl (C=O) groups is 1. The Morgan fingerprint density at radius 3 is 1.97 bits per heavy atom. The third-order valence-corrected chi connectivity index (χ3v) is 8.23. The summed E-state index contributed by atoms with van der Waals surface area (Å²) < 4.78 is 61.8. The van der Waals surface area contributed by atoms with Gasteiger partial charge in [0.05, 0.1) is 0 Å². The van der Waals surface area contributed by atoms with Gasteiger partial charge < -0.3 is 9.80 Å². The molecule has 1 unspecified atom stereocenters. The highest BCUT2D eigenvalue weighted by atomic mass is 32.2. The Kier molecular flexibility index (Phi) is 9.53. The molecule has 0 aromatic rings. The second-order valence-corrected chi connectivity index (χ2v) is 10.6. The van der Waals surface area contributed by atoms with Crippen LogP contribution in [-0.4, -0.2) is 103 Å². The van der Waals surface area contributed by atoms with Crippen LogP contribution < -0.4 is 0 Å². The largest absolute Gasteiger partial charge is 0.404 e. The molecule has 2 aliphatic rings. The first-order chi connectivity index (χ1) is 14.4. The number of thiocarbonyl (C=S) groups is 1. The van der Waals surface area contributed by atoms with E-state index in [2.05, 4.69) is 4.90 Å². The lowest BCUT2D eigenvalue weighted by atomic mass is 10.1. The van der Waals surface area contributed by atoms with Crippen molar-refractivity contribution in [3.8, 4) is 0 Å². The van der Waals surface area contributed by atoms with Crippen molar-refractivity contribution in [3.05, 3.63) is 0 Å². The number of hydrogen-bond donors (Lipinski definition) is 0. The molecule has 0 aromatic carbocycles. The minimum Gasteiger partial charge on any atom is -0.337 e. The highest BCUT2D eigenvalue weighted by Crippen LogP contribution is 2.21. The Labute approximate surface area is 188 Å². The Morgan fingerprint density at radius 2 is 1.48 bits per heavy atom. The van der Waals surface area contributed by atoms with E-state index in [0.29, 0.717) is 18.2 Å². The van der Waals surface area contributed by atoms with E-state index in [0.717, 1.165) is 55.9 Å². The van der Waals surface area contributed by atoms with Crippen LogP contribution in [0.1, 0.15) is 45.4 Å². The van der Waals surface area contributed by atoms with E-state index in [1.807, 2.05) is 11.8 Å². The van der Waals surface area contributed by atoms with Gasteiger partial charge in [0.1, 0.15) is 6.04 Å². The minimum atomic E-state index is -4.71. The number of hydrogen-bond acceptors (Lipinski definition) is 5. The Balaban J connectivity index is 1.52. The molecule has 2 rings (SSSR count). The predicted molar refractivity (Wildman–Crippen MR) is 117 cm³/mol. The maximum Gasteiger partial charge on any atom is 0.404 e. The van der Waals surface area contributed by atoms with Gasteiger partial charge in [0.2, 0.25) is 10.0 Å². The molecular formula is C19H33F3N4O3S2. The SMILES string of the molecule is CC1C(=O)N(C)C(=S)N1CCCCCCCCN1CCN(S(=O)(=O)CC(F)(F)F)CC1. The van der Waals surface area contributed by atoms with Crippen LogP contribution in [0.5, 0.6) is 0 Å². The molecule has 2 saturated heterocycles. The molecule has 0 bridgehead atoms. The monoisotopic (exact) mass is 486 g/mol. The maximum absolute atomic E-state index is 12.4. The van der Waals surface area contributed by atoms with E-state index >= 15 is 0 Å². The number of sulfonamides is 1. The fourth-order valence-corrected chi connectivity index (χ4v) is 5.66. The van der Waals surface area contributed by atoms with Gasteiger partial charge in [-0.3, -0.25) is 9.69 Å². The summed E-state index contributed by atoms with van der Waals surface area (Å²) in [5, 5.41) is 0.601. The standard InChI is InChI=1S/C19H33F3N4O3S2/c1-16-17(27)23(2)18(30)26(16)10-8-6-4-3-5-7-9-24-11-13-25(14-12-24)31(28,29)15-19(20,21)22/h16H,3-15H2,1-2H3. The van der Waals surface area contributed by atoms with Crippen molar-refractivity contribution < 1.29 is 26.4 Å². The van der Waals surface area contributed by atoms with Gasteiger partial charge in [0, 0.05) is 39.8 Å². The fraction of sp³-hybridized carbons (Fsp3) is 0.895. The summed E-state index contributed by atoms with van der Waals surface area (Å²) in [6.07, 6.45) is 1.59. The molecular weight excluding hydrogens is 453 g/mol. The Morgan fingerprint density at radius 1 is 0.968 bits per heavy atom. The summed E-state index contributed by atoms with van der Waals surface area (Å²) in [5.74, 6) is -1.74. The molecule has 12 heteroatoms. The zero-order chi connectivity index (χ0) is 23.2. The quantitative estimate of drug-likeness (QED) is 0.330. The normalized spacial score (nSPS) is 22.0. The van der Waals surface area contributed by atoms with Crippen LogP contribution in [0.25, 0.3) is 0 Å². The predicted octanol–water partition coefficient (Wildman–Crippen LogP) is 2.28. The number of likely N-dealkylation sites (N-methyl/N-ethyl adjacent to an activating group) is 1. The summed E-state index contributed by atoms with van der Waals surface area (Å²) in [4.78, 5) is 17.5. The van der Waals surface area contributed by atoms with Crippen LogP contribution >= 0.6 is 12.2 Å². The molecule has 31 heavy (non-hydrogen) atoms. The number of rotatable bonds is 11. The van der Waals surface area contributed by atoms with Gasteiger partial charge in [0.25, 0.3) is 5.91 Å². The number of nitrogens with zero attached hydrogens (tertiary/aromatic N) is 4. The average Bonchev–Trinajstić information content (AvgIpc) is 2.86. The van der Waals surface area contributed by atoms with E-state index in [4.69, 9.17) is 12.2 Å². The van der Waals surface area contributed by atoms with E-state index in [9.17, 15) is 26.4 Å². The van der Waals surface area contributed by atoms with E-state index < -0.39 is 22.0 Å². The van der Waals surface area contributed by atoms with Gasteiger partial charge in [0.15, 0.2) is 10.9 Å². The van der Waals surface area contributed by atoms with Crippen molar-refractivity contribution in [1.82, 2.24) is 19.0 Å². The van der Waals surface area contributed by atoms with Crippen molar-refractivity contribution in [2.75, 3.05) is 52.1 Å². The Bertz CT molecular complexity index is 725. The first-order valence-electron chi connectivity index (χ1n) is 10.8. The third-order valence-electron chi connectivity index (χ3n) is 5.88. The lowest BCUT2D eigenvalue weighted by Crippen LogP contribution is -2.50. The molecule has 0 N–H and O–H groups in total. The lowest BCUT2D eigenvalue weighted by Gasteiger charge is -2.34. The van der Waals surface area contributed by atoms with Crippen LogP contribution in [0, 0.1) is 0 Å². The summed E-state index contributed by atoms with van der Waals surface area (Å²) in [5.41, 5.74) is 0. The lowest BCUT2D eigenvalue weighted by molar-refractivity contribution is -0.126. The highest BCUT2D eigenvalue weighted by molar-refractivity contribution is 7.89. The fourth-order valence-electron chi connectivity index (χ4n) is 4.01. The number of carbonyl (C=O) groups excluding carboxylic acids is 1. The molecule has 2 fully saturated rings. The Hall–Kier alpha value is -0.980. The van der Waals surface area contributed by atoms with Crippen molar-refractivity contribution in [1.29, 1.82) is 0 Å². The van der Waals surface area contributed by atoms with Crippen LogP contribution in [0.4, 0.5) is 13.2 Å². The van der Waals surface area contributed by atoms with E-state index in [-0.39, 0.29) is 25.0 Å². The first-order valence-corrected chi connectivity index (χ1v) is 12.8. The summed E-state index contributed by atoms with van der Waals surface area (Å²) in [6, 6.07) is -0.179. The van der Waals surface area contributed by atoms with Gasteiger partial charge in [-0.15, -0.1) is 0 Å². The molecule has 1 amide bonds. The zero-order valence-electron chi connectivity index (χ0n) is 18.2. The smallest absolute Gasteiger partial charge is 0.337 e. The third kappa shape index (κ3) is 7.83. The molecule has 0 radical (unpaired) electrons. The molecule has 0 aromatic heterocycles. The molecule has 1 atom stereocenters. The van der Waals surface area contributed by atoms with Gasteiger partial charge in [-0.1, -0.05) is 25.7 Å². The molecule has 0 aliphatic carbocycles. The van der Waals surface area contributed by atoms with Crippen LogP contribution in [0.15, 0.2) is 0 Å². The van der Waals surface area contributed by atoms with Crippen LogP contribution in [0.3, 0.4) is 0 Å². The van der Waals surface area contributed by atoms with E-state index in [1.165, 1.54) is 4.90 Å². The minimum absolute atomic E-state index is 0.0452. The molecule has 7 nitrogen and oxygen atoms in total. The van der Waals surface area contributed by atoms with Crippen LogP contribution in [0.2, 0.25) is 0 Å². The number of halogens is 3. The molecule has 180 valence electrons. The van der Waals surface area contributed by atoms with Gasteiger partial charge >= 0.3 is 6.18 Å². The second kappa shape index (κ2) is 11.2. The molecule has 0 spiro atoms. The van der Waals surface area contributed by atoms with Gasteiger partial charge in [-0.25, -0.2) is 8.42 Å². The maximum atomic E-state index is 12.4. The molecule has 2 heterocycles. The van der Waals surface area contributed by atoms with Crippen molar-refractivity contribution in [2.45, 2.75) is 57.7 Å². The summed E-state index contributed by atoms with van der Waals surface area (Å²) in [6.45, 7) is 4.68. The van der Waals surface area contributed by atoms with Crippen molar-refractivity contribution in [3.63, 3.8) is 0 Å². The summed E-state index contributed by atoms with van der Waals surface area (Å²) in [7, 11) is -2.56. The van der Waals surface area contributed by atoms with Gasteiger partial charge in [-0.2, -0.15) is 17.5 Å². The van der Waals surface area contributed by atoms with Crippen molar-refractivity contribution in [2.24, 2.45) is 0 Å². The van der Waals surface area contributed by atoms with Gasteiger partial charge in [-0.05, 0) is 38.5 Å². The van der Waals surface area contributed by atoms with Crippen molar-refractivity contribution >= 4 is 33.3 Å². The molecule has 2 aliphatic heterocycles. The number of unbranched alkanes of at least 4 members (excludes halogenated alkanes) is 5. The first kappa shape index (κ1) is 26.3. The van der Waals surface area contributed by atoms with E-state index in [1.54, 1.807) is 7.05 Å². The second-order valence-electron chi connectivity index (χ2n) is 8.28. The topological polar surface area (TPSA) is 64.2 Å². The van der Waals surface area contributed by atoms with Crippen LogP contribution in [-0.2, 0) is 14.8 Å². The zero-order valence-corrected chi connectivity index (χ0v) is 19.9. The number of alkyl halides is 3. The summed E-state index contributed by atoms with van der Waals surface area (Å²) >= 11 is 5.31. The number of piperazine rings is 1. The molecule has 0 saturated carbocycles.